The molecule has 0 aromatic carbocycles. The van der Waals surface area contributed by atoms with Crippen LogP contribution in [-0.4, -0.2) is 73.7 Å². The van der Waals surface area contributed by atoms with Crippen molar-refractivity contribution in [2.45, 2.75) is 22.8 Å². The van der Waals surface area contributed by atoms with Crippen LogP contribution in [-0.2, 0) is 19.6 Å². The average Bonchev–Trinajstić information content (AvgIpc) is 2.73. The van der Waals surface area contributed by atoms with Gasteiger partial charge in [-0.05, 0) is 12.1 Å². The molecule has 2 rings (SSSR count). The first-order chi connectivity index (χ1) is 13.5. The summed E-state index contributed by atoms with van der Waals surface area (Å²) in [6, 6.07) is 7.02. The molecule has 0 aliphatic carbocycles. The minimum absolute atomic E-state index is 0.0966. The highest BCUT2D eigenvalue weighted by molar-refractivity contribution is 7.99. The van der Waals surface area contributed by atoms with Crippen molar-refractivity contribution in [3.63, 3.8) is 0 Å². The van der Waals surface area contributed by atoms with Crippen LogP contribution in [0.25, 0.3) is 0 Å². The quantitative estimate of drug-likeness (QED) is 0.535. The number of sulfonamides is 1. The zero-order chi connectivity index (χ0) is 20.4. The lowest BCUT2D eigenvalue weighted by molar-refractivity contribution is -0.128. The molecule has 0 radical (unpaired) electrons. The zero-order valence-electron chi connectivity index (χ0n) is 15.3. The predicted molar refractivity (Wildman–Crippen MR) is 102 cm³/mol. The first-order valence-corrected chi connectivity index (χ1v) is 11.1. The van der Waals surface area contributed by atoms with Gasteiger partial charge in [-0.25, -0.2) is 13.4 Å². The molecule has 0 atom stereocenters. The van der Waals surface area contributed by atoms with Crippen molar-refractivity contribution < 1.29 is 17.9 Å². The Kier molecular flexibility index (Phi) is 8.67. The number of carbonyl (C=O) groups is 1. The van der Waals surface area contributed by atoms with Gasteiger partial charge in [-0.3, -0.25) is 4.79 Å². The molecule has 11 heteroatoms. The van der Waals surface area contributed by atoms with Crippen molar-refractivity contribution in [2.24, 2.45) is 0 Å². The molecular formula is C17H21N5O4S2. The fourth-order valence-corrected chi connectivity index (χ4v) is 4.60. The summed E-state index contributed by atoms with van der Waals surface area (Å²) in [6.45, 7) is 1.93. The van der Waals surface area contributed by atoms with Crippen molar-refractivity contribution in [1.29, 1.82) is 10.5 Å². The van der Waals surface area contributed by atoms with Gasteiger partial charge in [0, 0.05) is 32.4 Å². The highest BCUT2D eigenvalue weighted by Crippen LogP contribution is 2.21. The second-order valence-corrected chi connectivity index (χ2v) is 8.77. The van der Waals surface area contributed by atoms with Crippen LogP contribution >= 0.6 is 11.8 Å². The molecule has 2 heterocycles. The fraction of sp³-hybridized carbons (Fsp3) is 0.529. The Morgan fingerprint density at radius 2 is 1.86 bits per heavy atom. The van der Waals surface area contributed by atoms with Crippen molar-refractivity contribution in [1.82, 2.24) is 14.2 Å². The van der Waals surface area contributed by atoms with E-state index < -0.39 is 10.0 Å². The molecule has 1 saturated heterocycles. The van der Waals surface area contributed by atoms with E-state index in [1.807, 2.05) is 12.1 Å². The van der Waals surface area contributed by atoms with Gasteiger partial charge in [0.1, 0.15) is 4.90 Å². The van der Waals surface area contributed by atoms with Crippen LogP contribution in [0.2, 0.25) is 0 Å². The SMILES string of the molecule is N#CCCN(CCC#N)C(=O)CSc1ccc(S(=O)(=O)N2CCOCC2)cn1. The summed E-state index contributed by atoms with van der Waals surface area (Å²) < 4.78 is 31.7. The number of hydrogen-bond acceptors (Lipinski definition) is 8. The maximum absolute atomic E-state index is 12.6. The minimum atomic E-state index is -3.60. The third-order valence-electron chi connectivity index (χ3n) is 4.00. The Hall–Kier alpha value is -2.18. The number of nitriles is 2. The number of nitrogens with zero attached hydrogens (tertiary/aromatic N) is 5. The smallest absolute Gasteiger partial charge is 0.244 e. The summed E-state index contributed by atoms with van der Waals surface area (Å²) in [5.41, 5.74) is 0. The molecule has 150 valence electrons. The molecule has 1 fully saturated rings. The highest BCUT2D eigenvalue weighted by Gasteiger charge is 2.26. The maximum atomic E-state index is 12.6. The normalized spacial score (nSPS) is 14.8. The molecule has 1 aromatic heterocycles. The molecular weight excluding hydrogens is 402 g/mol. The second kappa shape index (κ2) is 11.0. The summed E-state index contributed by atoms with van der Waals surface area (Å²) in [7, 11) is -3.60. The van der Waals surface area contributed by atoms with Gasteiger partial charge >= 0.3 is 0 Å². The minimum Gasteiger partial charge on any atom is -0.379 e. The Morgan fingerprint density at radius 1 is 1.21 bits per heavy atom. The molecule has 1 amide bonds. The van der Waals surface area contributed by atoms with Crippen molar-refractivity contribution in [3.05, 3.63) is 18.3 Å². The van der Waals surface area contributed by atoms with E-state index in [0.717, 1.165) is 0 Å². The highest BCUT2D eigenvalue weighted by atomic mass is 32.2. The summed E-state index contributed by atoms with van der Waals surface area (Å²) >= 11 is 1.18. The van der Waals surface area contributed by atoms with Crippen LogP contribution in [0.15, 0.2) is 28.3 Å². The van der Waals surface area contributed by atoms with E-state index in [4.69, 9.17) is 15.3 Å². The summed E-state index contributed by atoms with van der Waals surface area (Å²) in [5, 5.41) is 17.9. The zero-order valence-corrected chi connectivity index (χ0v) is 16.9. The van der Waals surface area contributed by atoms with Gasteiger partial charge in [-0.15, -0.1) is 0 Å². The van der Waals surface area contributed by atoms with E-state index in [0.29, 0.717) is 31.3 Å². The number of morpholine rings is 1. The number of thioether (sulfide) groups is 1. The molecule has 28 heavy (non-hydrogen) atoms. The van der Waals surface area contributed by atoms with E-state index in [-0.39, 0.29) is 42.5 Å². The van der Waals surface area contributed by atoms with Gasteiger partial charge in [-0.1, -0.05) is 11.8 Å². The average molecular weight is 424 g/mol. The van der Waals surface area contributed by atoms with Crippen LogP contribution in [0, 0.1) is 22.7 Å². The first-order valence-electron chi connectivity index (χ1n) is 8.67. The molecule has 0 N–H and O–H groups in total. The number of hydrogen-bond donors (Lipinski definition) is 0. The van der Waals surface area contributed by atoms with Crippen LogP contribution in [0.5, 0.6) is 0 Å². The molecule has 1 aromatic rings. The van der Waals surface area contributed by atoms with E-state index in [1.165, 1.54) is 33.2 Å². The van der Waals surface area contributed by atoms with Crippen LogP contribution in [0.3, 0.4) is 0 Å². The largest absolute Gasteiger partial charge is 0.379 e. The van der Waals surface area contributed by atoms with Gasteiger partial charge in [0.15, 0.2) is 0 Å². The molecule has 0 unspecified atom stereocenters. The first kappa shape index (κ1) is 22.1. The van der Waals surface area contributed by atoms with Gasteiger partial charge in [0.05, 0.1) is 49.0 Å². The monoisotopic (exact) mass is 423 g/mol. The molecule has 1 aliphatic heterocycles. The lowest BCUT2D eigenvalue weighted by Crippen LogP contribution is -2.40. The molecule has 9 nitrogen and oxygen atoms in total. The van der Waals surface area contributed by atoms with Gasteiger partial charge in [0.25, 0.3) is 0 Å². The lowest BCUT2D eigenvalue weighted by Gasteiger charge is -2.25. The van der Waals surface area contributed by atoms with Crippen LogP contribution < -0.4 is 0 Å². The Bertz CT molecular complexity index is 822. The standard InChI is InChI=1S/C17H21N5O4S2/c18-5-1-7-21(8-2-6-19)17(23)14-27-16-4-3-15(13-20-16)28(24,25)22-9-11-26-12-10-22/h3-4,13H,1-2,7-12,14H2. The predicted octanol–water partition coefficient (Wildman–Crippen LogP) is 0.851. The van der Waals surface area contributed by atoms with Gasteiger partial charge in [-0.2, -0.15) is 14.8 Å². The van der Waals surface area contributed by atoms with E-state index >= 15 is 0 Å². The van der Waals surface area contributed by atoms with Gasteiger partial charge < -0.3 is 9.64 Å². The number of rotatable bonds is 9. The molecule has 0 saturated carbocycles. The molecule has 0 spiro atoms. The number of pyridine rings is 1. The molecule has 1 aliphatic rings. The maximum Gasteiger partial charge on any atom is 0.244 e. The second-order valence-electron chi connectivity index (χ2n) is 5.83. The summed E-state index contributed by atoms with van der Waals surface area (Å²) in [5.74, 6) is -0.0957. The van der Waals surface area contributed by atoms with E-state index in [2.05, 4.69) is 4.98 Å². The number of aromatic nitrogens is 1. The van der Waals surface area contributed by atoms with Crippen molar-refractivity contribution in [2.75, 3.05) is 45.1 Å². The summed E-state index contributed by atoms with van der Waals surface area (Å²) in [6.07, 6.45) is 1.70. The van der Waals surface area contributed by atoms with Crippen molar-refractivity contribution >= 4 is 27.7 Å². The number of carbonyl (C=O) groups excluding carboxylic acids is 1. The third-order valence-corrected chi connectivity index (χ3v) is 6.81. The Balaban J connectivity index is 1.95. The number of amides is 1. The van der Waals surface area contributed by atoms with Crippen molar-refractivity contribution in [3.8, 4) is 12.1 Å². The molecule has 0 bridgehead atoms. The topological polar surface area (TPSA) is 127 Å². The summed E-state index contributed by atoms with van der Waals surface area (Å²) in [4.78, 5) is 18.0. The van der Waals surface area contributed by atoms with E-state index in [1.54, 1.807) is 6.07 Å². The number of ether oxygens (including phenoxy) is 1. The van der Waals surface area contributed by atoms with Gasteiger partial charge in [0.2, 0.25) is 15.9 Å². The van der Waals surface area contributed by atoms with Crippen LogP contribution in [0.4, 0.5) is 0 Å². The Labute approximate surface area is 168 Å². The third kappa shape index (κ3) is 6.17. The van der Waals surface area contributed by atoms with Crippen LogP contribution in [0.1, 0.15) is 12.8 Å². The van der Waals surface area contributed by atoms with E-state index in [9.17, 15) is 13.2 Å². The lowest BCUT2D eigenvalue weighted by atomic mass is 10.3. The fourth-order valence-electron chi connectivity index (χ4n) is 2.50. The Morgan fingerprint density at radius 3 is 2.39 bits per heavy atom.